The molecule has 0 radical (unpaired) electrons. The van der Waals surface area contributed by atoms with Gasteiger partial charge in [0.25, 0.3) is 0 Å². The summed E-state index contributed by atoms with van der Waals surface area (Å²) in [4.78, 5) is 0. The van der Waals surface area contributed by atoms with Crippen molar-refractivity contribution in [3.8, 4) is 0 Å². The van der Waals surface area contributed by atoms with Crippen molar-refractivity contribution in [2.45, 2.75) is 20.3 Å². The second-order valence-electron chi connectivity index (χ2n) is 1.93. The standard InChI is InChI=1S/C6H10N2S/c1-3-6-4-9-5(2)7-8-6/h3-4H2,1-2H3. The van der Waals surface area contributed by atoms with Crippen LogP contribution in [0.25, 0.3) is 0 Å². The number of rotatable bonds is 1. The lowest BCUT2D eigenvalue weighted by atomic mass is 10.3. The van der Waals surface area contributed by atoms with Crippen LogP contribution >= 0.6 is 11.8 Å². The van der Waals surface area contributed by atoms with Crippen molar-refractivity contribution in [1.29, 1.82) is 0 Å². The summed E-state index contributed by atoms with van der Waals surface area (Å²) in [7, 11) is 0. The molecule has 2 nitrogen and oxygen atoms in total. The molecule has 0 aromatic heterocycles. The van der Waals surface area contributed by atoms with Gasteiger partial charge in [0.2, 0.25) is 0 Å². The zero-order valence-electron chi connectivity index (χ0n) is 5.72. The van der Waals surface area contributed by atoms with Crippen molar-refractivity contribution in [3.05, 3.63) is 0 Å². The zero-order valence-corrected chi connectivity index (χ0v) is 6.53. The van der Waals surface area contributed by atoms with Gasteiger partial charge in [-0.2, -0.15) is 5.10 Å². The molecule has 3 heteroatoms. The highest BCUT2D eigenvalue weighted by Gasteiger charge is 2.03. The molecule has 0 amide bonds. The first kappa shape index (κ1) is 6.81. The van der Waals surface area contributed by atoms with Crippen LogP contribution in [0, 0.1) is 0 Å². The molecule has 1 heterocycles. The molecule has 0 aliphatic carbocycles. The normalized spacial score (nSPS) is 18.9. The maximum absolute atomic E-state index is 4.01. The lowest BCUT2D eigenvalue weighted by Gasteiger charge is -2.05. The van der Waals surface area contributed by atoms with Crippen LogP contribution in [0.5, 0.6) is 0 Å². The second kappa shape index (κ2) is 3.01. The Kier molecular flexibility index (Phi) is 2.28. The van der Waals surface area contributed by atoms with Crippen LogP contribution in [0.4, 0.5) is 0 Å². The van der Waals surface area contributed by atoms with E-state index in [-0.39, 0.29) is 0 Å². The van der Waals surface area contributed by atoms with Gasteiger partial charge < -0.3 is 0 Å². The fraction of sp³-hybridized carbons (Fsp3) is 0.667. The van der Waals surface area contributed by atoms with Gasteiger partial charge in [0.05, 0.1) is 10.8 Å². The molecule has 0 N–H and O–H groups in total. The van der Waals surface area contributed by atoms with E-state index in [1.54, 1.807) is 11.8 Å². The van der Waals surface area contributed by atoms with Crippen LogP contribution < -0.4 is 0 Å². The maximum Gasteiger partial charge on any atom is 0.0931 e. The van der Waals surface area contributed by atoms with E-state index in [0.29, 0.717) is 0 Å². The molecule has 0 spiro atoms. The number of nitrogens with zero attached hydrogens (tertiary/aromatic N) is 2. The van der Waals surface area contributed by atoms with Gasteiger partial charge in [0, 0.05) is 5.75 Å². The lowest BCUT2D eigenvalue weighted by Crippen LogP contribution is -2.05. The number of thioether (sulfide) groups is 1. The van der Waals surface area contributed by atoms with Crippen molar-refractivity contribution < 1.29 is 0 Å². The summed E-state index contributed by atoms with van der Waals surface area (Å²) in [6.45, 7) is 4.09. The molecule has 0 saturated heterocycles. The van der Waals surface area contributed by atoms with E-state index in [1.807, 2.05) is 6.92 Å². The van der Waals surface area contributed by atoms with Gasteiger partial charge in [-0.1, -0.05) is 6.92 Å². The molecule has 0 atom stereocenters. The van der Waals surface area contributed by atoms with E-state index in [9.17, 15) is 0 Å². The van der Waals surface area contributed by atoms with E-state index in [1.165, 1.54) is 5.71 Å². The topological polar surface area (TPSA) is 24.7 Å². The van der Waals surface area contributed by atoms with E-state index >= 15 is 0 Å². The van der Waals surface area contributed by atoms with Crippen molar-refractivity contribution in [3.63, 3.8) is 0 Å². The molecule has 0 bridgehead atoms. The summed E-state index contributed by atoms with van der Waals surface area (Å²) in [5.41, 5.74) is 1.20. The lowest BCUT2D eigenvalue weighted by molar-refractivity contribution is 1.16. The molecule has 0 unspecified atom stereocenters. The van der Waals surface area contributed by atoms with Crippen LogP contribution in [-0.4, -0.2) is 16.5 Å². The average Bonchev–Trinajstić information content (AvgIpc) is 1.90. The minimum absolute atomic E-state index is 1.03. The first-order valence-electron chi connectivity index (χ1n) is 3.05. The van der Waals surface area contributed by atoms with E-state index in [2.05, 4.69) is 17.1 Å². The molecule has 1 aliphatic heterocycles. The third-order valence-corrected chi connectivity index (χ3v) is 2.17. The summed E-state index contributed by atoms with van der Waals surface area (Å²) in [5.74, 6) is 1.03. The maximum atomic E-state index is 4.01. The van der Waals surface area contributed by atoms with Crippen LogP contribution in [0.1, 0.15) is 20.3 Å². The highest BCUT2D eigenvalue weighted by molar-refractivity contribution is 8.14. The Morgan fingerprint density at radius 1 is 1.56 bits per heavy atom. The van der Waals surface area contributed by atoms with Gasteiger partial charge in [-0.05, 0) is 13.3 Å². The molecule has 1 rings (SSSR count). The molecular formula is C6H10N2S. The fourth-order valence-electron chi connectivity index (χ4n) is 0.559. The third kappa shape index (κ3) is 1.82. The Labute approximate surface area is 59.4 Å². The summed E-state index contributed by atoms with van der Waals surface area (Å²) in [5, 5.41) is 9.04. The summed E-state index contributed by atoms with van der Waals surface area (Å²) < 4.78 is 0. The average molecular weight is 142 g/mol. The zero-order chi connectivity index (χ0) is 6.69. The third-order valence-electron chi connectivity index (χ3n) is 1.19. The quantitative estimate of drug-likeness (QED) is 0.549. The van der Waals surface area contributed by atoms with Crippen LogP contribution in [0.15, 0.2) is 10.2 Å². The van der Waals surface area contributed by atoms with Gasteiger partial charge >= 0.3 is 0 Å². The summed E-state index contributed by atoms with van der Waals surface area (Å²) >= 11 is 1.77. The molecular weight excluding hydrogens is 132 g/mol. The first-order chi connectivity index (χ1) is 4.33. The van der Waals surface area contributed by atoms with Gasteiger partial charge in [-0.25, -0.2) is 0 Å². The SMILES string of the molecule is CCC1=NN=C(C)SC1. The van der Waals surface area contributed by atoms with Crippen molar-refractivity contribution >= 4 is 22.5 Å². The smallest absolute Gasteiger partial charge is 0.0931 e. The minimum Gasteiger partial charge on any atom is -0.158 e. The molecule has 9 heavy (non-hydrogen) atoms. The predicted octanol–water partition coefficient (Wildman–Crippen LogP) is 1.92. The Balaban J connectivity index is 2.59. The Morgan fingerprint density at radius 3 is 2.78 bits per heavy atom. The Hall–Kier alpha value is -0.310. The number of hydrogen-bond acceptors (Lipinski definition) is 3. The molecule has 0 aromatic carbocycles. The van der Waals surface area contributed by atoms with Crippen molar-refractivity contribution in [2.24, 2.45) is 10.2 Å². The number of hydrogen-bond donors (Lipinski definition) is 0. The van der Waals surface area contributed by atoms with Gasteiger partial charge in [0.1, 0.15) is 0 Å². The Bertz CT molecular complexity index is 160. The fourth-order valence-corrected chi connectivity index (χ4v) is 1.30. The van der Waals surface area contributed by atoms with Gasteiger partial charge in [-0.15, -0.1) is 16.9 Å². The highest BCUT2D eigenvalue weighted by Crippen LogP contribution is 2.11. The van der Waals surface area contributed by atoms with Crippen LogP contribution in [-0.2, 0) is 0 Å². The minimum atomic E-state index is 1.03. The molecule has 1 aliphatic rings. The van der Waals surface area contributed by atoms with Crippen LogP contribution in [0.3, 0.4) is 0 Å². The van der Waals surface area contributed by atoms with E-state index in [0.717, 1.165) is 17.2 Å². The van der Waals surface area contributed by atoms with Crippen molar-refractivity contribution in [1.82, 2.24) is 0 Å². The predicted molar refractivity (Wildman–Crippen MR) is 43.3 cm³/mol. The van der Waals surface area contributed by atoms with Crippen LogP contribution in [0.2, 0.25) is 0 Å². The first-order valence-corrected chi connectivity index (χ1v) is 4.04. The van der Waals surface area contributed by atoms with Gasteiger partial charge in [0.15, 0.2) is 0 Å². The Morgan fingerprint density at radius 2 is 2.33 bits per heavy atom. The molecule has 0 aromatic rings. The van der Waals surface area contributed by atoms with E-state index in [4.69, 9.17) is 0 Å². The molecule has 0 saturated carbocycles. The summed E-state index contributed by atoms with van der Waals surface area (Å²) in [6.07, 6.45) is 1.03. The summed E-state index contributed by atoms with van der Waals surface area (Å²) in [6, 6.07) is 0. The van der Waals surface area contributed by atoms with Gasteiger partial charge in [-0.3, -0.25) is 0 Å². The van der Waals surface area contributed by atoms with E-state index < -0.39 is 0 Å². The highest BCUT2D eigenvalue weighted by atomic mass is 32.2. The molecule has 50 valence electrons. The second-order valence-corrected chi connectivity index (χ2v) is 3.10. The monoisotopic (exact) mass is 142 g/mol. The largest absolute Gasteiger partial charge is 0.158 e. The molecule has 0 fully saturated rings. The van der Waals surface area contributed by atoms with Crippen molar-refractivity contribution in [2.75, 3.05) is 5.75 Å².